The molecule has 1 unspecified atom stereocenters. The van der Waals surface area contributed by atoms with E-state index < -0.39 is 0 Å². The third kappa shape index (κ3) is 5.57. The molecule has 2 fully saturated rings. The summed E-state index contributed by atoms with van der Waals surface area (Å²) in [7, 11) is 1.88. The minimum atomic E-state index is 0.639. The van der Waals surface area contributed by atoms with E-state index >= 15 is 0 Å². The van der Waals surface area contributed by atoms with E-state index in [2.05, 4.69) is 30.4 Å². The molecular formula is C19H32N6O. The predicted octanol–water partition coefficient (Wildman–Crippen LogP) is 1.26. The average Bonchev–Trinajstić information content (AvgIpc) is 3.19. The first kappa shape index (κ1) is 18.9. The van der Waals surface area contributed by atoms with Crippen molar-refractivity contribution in [3.05, 3.63) is 24.4 Å². The maximum Gasteiger partial charge on any atom is 0.193 e. The zero-order valence-corrected chi connectivity index (χ0v) is 15.9. The van der Waals surface area contributed by atoms with Gasteiger partial charge in [0.1, 0.15) is 5.82 Å². The standard InChI is InChI=1S/C19H32N6O/c1-20-19(23-10-5-4-9-22-18-6-2-3-8-21-18)25-11-7-17(16-25)24-12-14-26-15-13-24/h2-3,6,8,17H,4-5,7,9-16H2,1H3,(H,20,23)(H,21,22). The highest BCUT2D eigenvalue weighted by atomic mass is 16.5. The summed E-state index contributed by atoms with van der Waals surface area (Å²) in [6, 6.07) is 6.57. The van der Waals surface area contributed by atoms with Gasteiger partial charge in [-0.1, -0.05) is 6.07 Å². The molecule has 1 atom stereocenters. The summed E-state index contributed by atoms with van der Waals surface area (Å²) in [4.78, 5) is 13.7. The summed E-state index contributed by atoms with van der Waals surface area (Å²) in [5.74, 6) is 1.99. The van der Waals surface area contributed by atoms with Gasteiger partial charge in [-0.25, -0.2) is 4.98 Å². The number of morpholine rings is 1. The largest absolute Gasteiger partial charge is 0.379 e. The van der Waals surface area contributed by atoms with Gasteiger partial charge in [0, 0.05) is 58.6 Å². The molecule has 3 heterocycles. The smallest absolute Gasteiger partial charge is 0.193 e. The van der Waals surface area contributed by atoms with Gasteiger partial charge in [0.2, 0.25) is 0 Å². The van der Waals surface area contributed by atoms with Crippen LogP contribution < -0.4 is 10.6 Å². The molecule has 0 radical (unpaired) electrons. The number of aliphatic imine (C=N–C) groups is 1. The predicted molar refractivity (Wildman–Crippen MR) is 106 cm³/mol. The number of anilines is 1. The molecule has 7 nitrogen and oxygen atoms in total. The number of hydrogen-bond donors (Lipinski definition) is 2. The van der Waals surface area contributed by atoms with E-state index in [0.29, 0.717) is 6.04 Å². The monoisotopic (exact) mass is 360 g/mol. The van der Waals surface area contributed by atoms with Crippen molar-refractivity contribution in [2.75, 3.05) is 64.8 Å². The zero-order chi connectivity index (χ0) is 18.0. The van der Waals surface area contributed by atoms with Crippen molar-refractivity contribution >= 4 is 11.8 Å². The van der Waals surface area contributed by atoms with Gasteiger partial charge in [-0.15, -0.1) is 0 Å². The first-order valence-corrected chi connectivity index (χ1v) is 9.79. The maximum atomic E-state index is 5.47. The number of likely N-dealkylation sites (tertiary alicyclic amines) is 1. The average molecular weight is 361 g/mol. The van der Waals surface area contributed by atoms with E-state index in [0.717, 1.165) is 77.1 Å². The van der Waals surface area contributed by atoms with Gasteiger partial charge >= 0.3 is 0 Å². The van der Waals surface area contributed by atoms with Gasteiger partial charge in [-0.3, -0.25) is 9.89 Å². The molecular weight excluding hydrogens is 328 g/mol. The fraction of sp³-hybridized carbons (Fsp3) is 0.684. The molecule has 2 aliphatic heterocycles. The summed E-state index contributed by atoms with van der Waals surface area (Å²) in [5, 5.41) is 6.87. The van der Waals surface area contributed by atoms with Gasteiger partial charge in [-0.05, 0) is 31.4 Å². The zero-order valence-electron chi connectivity index (χ0n) is 15.9. The van der Waals surface area contributed by atoms with E-state index in [1.54, 1.807) is 0 Å². The van der Waals surface area contributed by atoms with E-state index in [4.69, 9.17) is 4.74 Å². The SMILES string of the molecule is CN=C(NCCCCNc1ccccn1)N1CCC(N2CCOCC2)C1. The van der Waals surface area contributed by atoms with Crippen LogP contribution in [0, 0.1) is 0 Å². The minimum Gasteiger partial charge on any atom is -0.379 e. The van der Waals surface area contributed by atoms with Crippen LogP contribution in [0.25, 0.3) is 0 Å². The molecule has 144 valence electrons. The first-order valence-electron chi connectivity index (χ1n) is 9.79. The van der Waals surface area contributed by atoms with E-state index in [1.165, 1.54) is 6.42 Å². The summed E-state index contributed by atoms with van der Waals surface area (Å²) in [6.45, 7) is 7.92. The van der Waals surface area contributed by atoms with Crippen molar-refractivity contribution in [3.63, 3.8) is 0 Å². The number of nitrogens with zero attached hydrogens (tertiary/aromatic N) is 4. The molecule has 0 saturated carbocycles. The van der Waals surface area contributed by atoms with Crippen LogP contribution in [0.15, 0.2) is 29.4 Å². The van der Waals surface area contributed by atoms with Crippen LogP contribution in [0.1, 0.15) is 19.3 Å². The second kappa shape index (κ2) is 10.3. The highest BCUT2D eigenvalue weighted by molar-refractivity contribution is 5.80. The van der Waals surface area contributed by atoms with Gasteiger partial charge in [-0.2, -0.15) is 0 Å². The van der Waals surface area contributed by atoms with Crippen LogP contribution in [-0.4, -0.2) is 86.3 Å². The van der Waals surface area contributed by atoms with Gasteiger partial charge < -0.3 is 20.3 Å². The van der Waals surface area contributed by atoms with Crippen LogP contribution in [0.4, 0.5) is 5.82 Å². The Bertz CT molecular complexity index is 546. The van der Waals surface area contributed by atoms with Crippen molar-refractivity contribution in [1.82, 2.24) is 20.1 Å². The van der Waals surface area contributed by atoms with Crippen molar-refractivity contribution in [3.8, 4) is 0 Å². The lowest BCUT2D eigenvalue weighted by Crippen LogP contribution is -2.46. The number of hydrogen-bond acceptors (Lipinski definition) is 5. The summed E-state index contributed by atoms with van der Waals surface area (Å²) >= 11 is 0. The third-order valence-electron chi connectivity index (χ3n) is 5.09. The normalized spacial score (nSPS) is 21.8. The lowest BCUT2D eigenvalue weighted by Gasteiger charge is -2.32. The minimum absolute atomic E-state index is 0.639. The van der Waals surface area contributed by atoms with Gasteiger partial charge in [0.25, 0.3) is 0 Å². The van der Waals surface area contributed by atoms with Gasteiger partial charge in [0.15, 0.2) is 5.96 Å². The molecule has 0 aliphatic carbocycles. The number of pyridine rings is 1. The van der Waals surface area contributed by atoms with Crippen molar-refractivity contribution in [2.24, 2.45) is 4.99 Å². The molecule has 2 N–H and O–H groups in total. The molecule has 1 aromatic heterocycles. The number of ether oxygens (including phenoxy) is 1. The molecule has 0 spiro atoms. The molecule has 0 bridgehead atoms. The summed E-state index contributed by atoms with van der Waals surface area (Å²) in [6.07, 6.45) is 5.25. The molecule has 3 rings (SSSR count). The van der Waals surface area contributed by atoms with Crippen molar-refractivity contribution in [1.29, 1.82) is 0 Å². The molecule has 2 saturated heterocycles. The highest BCUT2D eigenvalue weighted by Gasteiger charge is 2.30. The van der Waals surface area contributed by atoms with Gasteiger partial charge in [0.05, 0.1) is 13.2 Å². The van der Waals surface area contributed by atoms with E-state index in [9.17, 15) is 0 Å². The molecule has 0 aromatic carbocycles. The number of aromatic nitrogens is 1. The van der Waals surface area contributed by atoms with Crippen LogP contribution >= 0.6 is 0 Å². The number of rotatable bonds is 7. The van der Waals surface area contributed by atoms with Crippen LogP contribution in [0.5, 0.6) is 0 Å². The fourth-order valence-electron chi connectivity index (χ4n) is 3.64. The Hall–Kier alpha value is -1.86. The second-order valence-electron chi connectivity index (χ2n) is 6.86. The second-order valence-corrected chi connectivity index (χ2v) is 6.86. The van der Waals surface area contributed by atoms with Crippen LogP contribution in [0.2, 0.25) is 0 Å². The van der Waals surface area contributed by atoms with E-state index in [-0.39, 0.29) is 0 Å². The Kier molecular flexibility index (Phi) is 7.51. The Labute approximate surface area is 156 Å². The number of unbranched alkanes of at least 4 members (excludes halogenated alkanes) is 1. The maximum absolute atomic E-state index is 5.47. The Morgan fingerprint density at radius 3 is 2.85 bits per heavy atom. The molecule has 26 heavy (non-hydrogen) atoms. The third-order valence-corrected chi connectivity index (χ3v) is 5.09. The van der Waals surface area contributed by atoms with Crippen LogP contribution in [-0.2, 0) is 4.74 Å². The number of nitrogens with one attached hydrogen (secondary N) is 2. The quantitative estimate of drug-likeness (QED) is 0.434. The number of guanidine groups is 1. The van der Waals surface area contributed by atoms with Crippen LogP contribution in [0.3, 0.4) is 0 Å². The lowest BCUT2D eigenvalue weighted by atomic mass is 10.2. The van der Waals surface area contributed by atoms with E-state index in [1.807, 2.05) is 31.4 Å². The Balaban J connectivity index is 1.31. The Morgan fingerprint density at radius 2 is 2.08 bits per heavy atom. The highest BCUT2D eigenvalue weighted by Crippen LogP contribution is 2.17. The fourth-order valence-corrected chi connectivity index (χ4v) is 3.64. The molecule has 0 amide bonds. The Morgan fingerprint density at radius 1 is 1.23 bits per heavy atom. The lowest BCUT2D eigenvalue weighted by molar-refractivity contribution is 0.0195. The first-order chi connectivity index (χ1) is 12.9. The molecule has 2 aliphatic rings. The molecule has 7 heteroatoms. The van der Waals surface area contributed by atoms with Crippen molar-refractivity contribution < 1.29 is 4.74 Å². The summed E-state index contributed by atoms with van der Waals surface area (Å²) < 4.78 is 5.47. The summed E-state index contributed by atoms with van der Waals surface area (Å²) in [5.41, 5.74) is 0. The topological polar surface area (TPSA) is 65.0 Å². The van der Waals surface area contributed by atoms with Crippen molar-refractivity contribution in [2.45, 2.75) is 25.3 Å². The molecule has 1 aromatic rings.